The van der Waals surface area contributed by atoms with Crippen LogP contribution in [0.2, 0.25) is 0 Å². The van der Waals surface area contributed by atoms with E-state index in [2.05, 4.69) is 15.5 Å². The molecule has 1 aliphatic carbocycles. The molecule has 1 amide bonds. The summed E-state index contributed by atoms with van der Waals surface area (Å²) in [7, 11) is 0. The first-order valence-electron chi connectivity index (χ1n) is 9.55. The van der Waals surface area contributed by atoms with Gasteiger partial charge >= 0.3 is 0 Å². The van der Waals surface area contributed by atoms with Crippen LogP contribution in [-0.4, -0.2) is 49.6 Å². The van der Waals surface area contributed by atoms with Crippen molar-refractivity contribution in [3.05, 3.63) is 0 Å². The number of carbonyl (C=O) groups excluding carboxylic acids is 1. The molecule has 0 spiro atoms. The van der Waals surface area contributed by atoms with Crippen molar-refractivity contribution in [3.8, 4) is 0 Å². The highest BCUT2D eigenvalue weighted by Gasteiger charge is 2.26. The van der Waals surface area contributed by atoms with E-state index in [0.29, 0.717) is 17.9 Å². The average Bonchev–Trinajstić information content (AvgIpc) is 2.58. The third-order valence-electron chi connectivity index (χ3n) is 5.89. The fourth-order valence-electron chi connectivity index (χ4n) is 4.37. The van der Waals surface area contributed by atoms with Gasteiger partial charge in [-0.05, 0) is 57.5 Å². The second-order valence-corrected chi connectivity index (χ2v) is 7.61. The lowest BCUT2D eigenvalue weighted by molar-refractivity contribution is -0.127. The van der Waals surface area contributed by atoms with Crippen molar-refractivity contribution in [1.82, 2.24) is 15.5 Å². The number of amides is 1. The first kappa shape index (κ1) is 16.3. The van der Waals surface area contributed by atoms with E-state index in [-0.39, 0.29) is 0 Å². The molecule has 1 saturated carbocycles. The summed E-state index contributed by atoms with van der Waals surface area (Å²) in [6, 6.07) is 0.429. The van der Waals surface area contributed by atoms with Gasteiger partial charge in [0.15, 0.2) is 0 Å². The minimum absolute atomic E-state index is 0.307. The van der Waals surface area contributed by atoms with E-state index in [4.69, 9.17) is 0 Å². The zero-order chi connectivity index (χ0) is 15.2. The van der Waals surface area contributed by atoms with Gasteiger partial charge in [0.1, 0.15) is 0 Å². The molecule has 2 aliphatic heterocycles. The van der Waals surface area contributed by atoms with Crippen LogP contribution < -0.4 is 10.6 Å². The van der Waals surface area contributed by atoms with Gasteiger partial charge in [0.05, 0.1) is 0 Å². The lowest BCUT2D eigenvalue weighted by atomic mass is 9.88. The Morgan fingerprint density at radius 3 is 2.32 bits per heavy atom. The molecule has 3 fully saturated rings. The van der Waals surface area contributed by atoms with E-state index in [1.165, 1.54) is 64.8 Å². The predicted octanol–water partition coefficient (Wildman–Crippen LogP) is 2.15. The van der Waals surface area contributed by atoms with Crippen LogP contribution in [0.1, 0.15) is 57.8 Å². The second-order valence-electron chi connectivity index (χ2n) is 7.61. The Labute approximate surface area is 135 Å². The molecule has 2 heterocycles. The van der Waals surface area contributed by atoms with E-state index in [9.17, 15) is 4.79 Å². The molecule has 0 radical (unpaired) electrons. The molecule has 2 N–H and O–H groups in total. The Kier molecular flexibility index (Phi) is 6.13. The molecular weight excluding hydrogens is 274 g/mol. The SMILES string of the molecule is O=C(NC1CCN(CC2CCNCC2)CC1)C1CCCCC1. The quantitative estimate of drug-likeness (QED) is 0.836. The van der Waals surface area contributed by atoms with Gasteiger partial charge in [-0.3, -0.25) is 4.79 Å². The molecule has 0 aromatic heterocycles. The van der Waals surface area contributed by atoms with Crippen LogP contribution in [-0.2, 0) is 4.79 Å². The van der Waals surface area contributed by atoms with Crippen molar-refractivity contribution in [2.45, 2.75) is 63.8 Å². The molecule has 3 aliphatic rings. The van der Waals surface area contributed by atoms with Gasteiger partial charge in [0.2, 0.25) is 5.91 Å². The van der Waals surface area contributed by atoms with E-state index >= 15 is 0 Å². The number of hydrogen-bond acceptors (Lipinski definition) is 3. The van der Waals surface area contributed by atoms with E-state index in [1.807, 2.05) is 0 Å². The van der Waals surface area contributed by atoms with Crippen LogP contribution in [0.4, 0.5) is 0 Å². The predicted molar refractivity (Wildman–Crippen MR) is 89.8 cm³/mol. The molecule has 22 heavy (non-hydrogen) atoms. The number of piperidine rings is 2. The first-order chi connectivity index (χ1) is 10.8. The summed E-state index contributed by atoms with van der Waals surface area (Å²) < 4.78 is 0. The van der Waals surface area contributed by atoms with Gasteiger partial charge in [-0.1, -0.05) is 19.3 Å². The number of likely N-dealkylation sites (tertiary alicyclic amines) is 1. The summed E-state index contributed by atoms with van der Waals surface area (Å²) in [4.78, 5) is 15.0. The van der Waals surface area contributed by atoms with E-state index < -0.39 is 0 Å². The fraction of sp³-hybridized carbons (Fsp3) is 0.944. The monoisotopic (exact) mass is 307 g/mol. The molecule has 0 bridgehead atoms. The Bertz CT molecular complexity index is 340. The Balaban J connectivity index is 1.35. The molecule has 2 saturated heterocycles. The summed E-state index contributed by atoms with van der Waals surface area (Å²) in [5, 5.41) is 6.78. The number of nitrogens with one attached hydrogen (secondary N) is 2. The van der Waals surface area contributed by atoms with Gasteiger partial charge in [-0.15, -0.1) is 0 Å². The average molecular weight is 307 g/mol. The van der Waals surface area contributed by atoms with Crippen LogP contribution in [0.25, 0.3) is 0 Å². The highest BCUT2D eigenvalue weighted by molar-refractivity contribution is 5.79. The minimum Gasteiger partial charge on any atom is -0.353 e. The molecule has 4 heteroatoms. The summed E-state index contributed by atoms with van der Waals surface area (Å²) in [5.74, 6) is 1.53. The lowest BCUT2D eigenvalue weighted by Gasteiger charge is -2.36. The second kappa shape index (κ2) is 8.30. The number of hydrogen-bond donors (Lipinski definition) is 2. The van der Waals surface area contributed by atoms with Gasteiger partial charge in [-0.2, -0.15) is 0 Å². The fourth-order valence-corrected chi connectivity index (χ4v) is 4.37. The maximum Gasteiger partial charge on any atom is 0.223 e. The Morgan fingerprint density at radius 1 is 0.955 bits per heavy atom. The molecule has 4 nitrogen and oxygen atoms in total. The Morgan fingerprint density at radius 2 is 1.64 bits per heavy atom. The summed E-state index contributed by atoms with van der Waals surface area (Å²) in [6.45, 7) is 5.99. The Hall–Kier alpha value is -0.610. The largest absolute Gasteiger partial charge is 0.353 e. The van der Waals surface area contributed by atoms with Crippen molar-refractivity contribution < 1.29 is 4.79 Å². The summed E-state index contributed by atoms with van der Waals surface area (Å²) >= 11 is 0. The van der Waals surface area contributed by atoms with Crippen LogP contribution in [0.5, 0.6) is 0 Å². The third kappa shape index (κ3) is 4.69. The number of carbonyl (C=O) groups is 1. The van der Waals surface area contributed by atoms with Crippen LogP contribution >= 0.6 is 0 Å². The minimum atomic E-state index is 0.307. The van der Waals surface area contributed by atoms with Crippen LogP contribution in [0, 0.1) is 11.8 Å². The highest BCUT2D eigenvalue weighted by atomic mass is 16.1. The van der Waals surface area contributed by atoms with Gasteiger partial charge in [-0.25, -0.2) is 0 Å². The number of rotatable bonds is 4. The first-order valence-corrected chi connectivity index (χ1v) is 9.55. The van der Waals surface area contributed by atoms with Crippen LogP contribution in [0.15, 0.2) is 0 Å². The molecule has 0 unspecified atom stereocenters. The molecule has 0 aromatic rings. The third-order valence-corrected chi connectivity index (χ3v) is 5.89. The van der Waals surface area contributed by atoms with Crippen molar-refractivity contribution in [2.24, 2.45) is 11.8 Å². The molecule has 0 atom stereocenters. The highest BCUT2D eigenvalue weighted by Crippen LogP contribution is 2.24. The summed E-state index contributed by atoms with van der Waals surface area (Å²) in [6.07, 6.45) is 11.0. The van der Waals surface area contributed by atoms with Crippen molar-refractivity contribution in [1.29, 1.82) is 0 Å². The smallest absolute Gasteiger partial charge is 0.223 e. The van der Waals surface area contributed by atoms with Gasteiger partial charge < -0.3 is 15.5 Å². The van der Waals surface area contributed by atoms with Gasteiger partial charge in [0.25, 0.3) is 0 Å². The van der Waals surface area contributed by atoms with Crippen molar-refractivity contribution in [3.63, 3.8) is 0 Å². The summed E-state index contributed by atoms with van der Waals surface area (Å²) in [5.41, 5.74) is 0. The van der Waals surface area contributed by atoms with E-state index in [1.54, 1.807) is 0 Å². The van der Waals surface area contributed by atoms with Gasteiger partial charge in [0, 0.05) is 31.6 Å². The molecule has 0 aromatic carbocycles. The van der Waals surface area contributed by atoms with Crippen molar-refractivity contribution >= 4 is 5.91 Å². The van der Waals surface area contributed by atoms with E-state index in [0.717, 1.165) is 31.6 Å². The number of nitrogens with zero attached hydrogens (tertiary/aromatic N) is 1. The molecule has 3 rings (SSSR count). The standard InChI is InChI=1S/C18H33N3O/c22-18(16-4-2-1-3-5-16)20-17-8-12-21(13-9-17)14-15-6-10-19-11-7-15/h15-17,19H,1-14H2,(H,20,22). The maximum absolute atomic E-state index is 12.3. The topological polar surface area (TPSA) is 44.4 Å². The zero-order valence-electron chi connectivity index (χ0n) is 14.0. The van der Waals surface area contributed by atoms with Crippen molar-refractivity contribution in [2.75, 3.05) is 32.7 Å². The molecular formula is C18H33N3O. The molecule has 126 valence electrons. The maximum atomic E-state index is 12.3. The normalized spacial score (nSPS) is 26.9. The zero-order valence-corrected chi connectivity index (χ0v) is 14.0. The van der Waals surface area contributed by atoms with Crippen LogP contribution in [0.3, 0.4) is 0 Å². The lowest BCUT2D eigenvalue weighted by Crippen LogP contribution is -2.48.